The molecule has 0 atom stereocenters. The standard InChI is InChI=1S/C16H16FN3O2S/c17-14-6-1-2-7-15(14)23(21,22)19-10-4-11-20-12-8-13-5-3-9-18-16(13)20/h1-3,5-9,12,19H,4,10-11H2. The van der Waals surface area contributed by atoms with Gasteiger partial charge in [-0.2, -0.15) is 0 Å². The van der Waals surface area contributed by atoms with Crippen molar-refractivity contribution in [1.82, 2.24) is 14.3 Å². The molecule has 0 amide bonds. The van der Waals surface area contributed by atoms with E-state index in [0.717, 1.165) is 17.1 Å². The van der Waals surface area contributed by atoms with Crippen LogP contribution in [0.25, 0.3) is 11.0 Å². The monoisotopic (exact) mass is 333 g/mol. The Labute approximate surface area is 133 Å². The fraction of sp³-hybridized carbons (Fsp3) is 0.188. The Kier molecular flexibility index (Phi) is 4.40. The first-order chi connectivity index (χ1) is 11.1. The molecule has 0 aliphatic rings. The molecule has 7 heteroatoms. The molecule has 2 aromatic heterocycles. The number of nitrogens with zero attached hydrogens (tertiary/aromatic N) is 2. The van der Waals surface area contributed by atoms with Gasteiger partial charge in [0.05, 0.1) is 0 Å². The summed E-state index contributed by atoms with van der Waals surface area (Å²) in [6.07, 6.45) is 4.22. The molecule has 0 fully saturated rings. The zero-order valence-corrected chi connectivity index (χ0v) is 13.1. The van der Waals surface area contributed by atoms with Crippen LogP contribution in [0, 0.1) is 5.82 Å². The average molecular weight is 333 g/mol. The number of hydrogen-bond donors (Lipinski definition) is 1. The number of nitrogens with one attached hydrogen (secondary N) is 1. The Hall–Kier alpha value is -2.25. The maximum absolute atomic E-state index is 13.6. The van der Waals surface area contributed by atoms with Crippen LogP contribution in [0.2, 0.25) is 0 Å². The molecule has 0 aliphatic carbocycles. The molecule has 0 aliphatic heterocycles. The number of aryl methyl sites for hydroxylation is 1. The second-order valence-electron chi connectivity index (χ2n) is 5.11. The lowest BCUT2D eigenvalue weighted by Gasteiger charge is -2.08. The van der Waals surface area contributed by atoms with Crippen LogP contribution in [-0.4, -0.2) is 24.5 Å². The summed E-state index contributed by atoms with van der Waals surface area (Å²) in [5.41, 5.74) is 0.865. The smallest absolute Gasteiger partial charge is 0.243 e. The molecular weight excluding hydrogens is 317 g/mol. The molecule has 3 rings (SSSR count). The quantitative estimate of drug-likeness (QED) is 0.705. The highest BCUT2D eigenvalue weighted by Gasteiger charge is 2.17. The van der Waals surface area contributed by atoms with Gasteiger partial charge in [0, 0.05) is 30.9 Å². The van der Waals surface area contributed by atoms with Crippen LogP contribution in [0.3, 0.4) is 0 Å². The van der Waals surface area contributed by atoms with Crippen molar-refractivity contribution in [2.45, 2.75) is 17.9 Å². The average Bonchev–Trinajstić information content (AvgIpc) is 2.95. The summed E-state index contributed by atoms with van der Waals surface area (Å²) in [5, 5.41) is 1.04. The van der Waals surface area contributed by atoms with Gasteiger partial charge in [0.2, 0.25) is 10.0 Å². The van der Waals surface area contributed by atoms with E-state index in [-0.39, 0.29) is 11.4 Å². The van der Waals surface area contributed by atoms with E-state index in [2.05, 4.69) is 9.71 Å². The Morgan fingerprint density at radius 2 is 1.96 bits per heavy atom. The lowest BCUT2D eigenvalue weighted by atomic mass is 10.3. The second kappa shape index (κ2) is 6.47. The van der Waals surface area contributed by atoms with Crippen molar-refractivity contribution in [3.63, 3.8) is 0 Å². The third-order valence-electron chi connectivity index (χ3n) is 3.52. The first-order valence-electron chi connectivity index (χ1n) is 7.22. The molecule has 2 heterocycles. The van der Waals surface area contributed by atoms with Gasteiger partial charge in [-0.25, -0.2) is 22.5 Å². The summed E-state index contributed by atoms with van der Waals surface area (Å²) in [7, 11) is -3.82. The molecule has 3 aromatic rings. The molecule has 0 radical (unpaired) electrons. The molecule has 23 heavy (non-hydrogen) atoms. The van der Waals surface area contributed by atoms with Crippen LogP contribution in [0.15, 0.2) is 59.8 Å². The Morgan fingerprint density at radius 1 is 1.13 bits per heavy atom. The summed E-state index contributed by atoms with van der Waals surface area (Å²) >= 11 is 0. The van der Waals surface area contributed by atoms with Gasteiger partial charge in [-0.15, -0.1) is 0 Å². The summed E-state index contributed by atoms with van der Waals surface area (Å²) < 4.78 is 42.1. The van der Waals surface area contributed by atoms with E-state index in [0.29, 0.717) is 13.0 Å². The van der Waals surface area contributed by atoms with Crippen molar-refractivity contribution in [2.24, 2.45) is 0 Å². The van der Waals surface area contributed by atoms with E-state index in [1.807, 2.05) is 29.0 Å². The third-order valence-corrected chi connectivity index (χ3v) is 5.01. The predicted octanol–water partition coefficient (Wildman–Crippen LogP) is 2.54. The van der Waals surface area contributed by atoms with Crippen molar-refractivity contribution in [2.75, 3.05) is 6.54 Å². The molecule has 0 spiro atoms. The summed E-state index contributed by atoms with van der Waals surface area (Å²) in [6.45, 7) is 0.851. The van der Waals surface area contributed by atoms with Crippen LogP contribution in [0.4, 0.5) is 4.39 Å². The minimum atomic E-state index is -3.82. The normalized spacial score (nSPS) is 11.9. The second-order valence-corrected chi connectivity index (χ2v) is 6.84. The Bertz CT molecular complexity index is 922. The van der Waals surface area contributed by atoms with E-state index in [1.54, 1.807) is 6.20 Å². The van der Waals surface area contributed by atoms with Crippen molar-refractivity contribution >= 4 is 21.1 Å². The van der Waals surface area contributed by atoms with Gasteiger partial charge in [-0.05, 0) is 36.8 Å². The lowest BCUT2D eigenvalue weighted by molar-refractivity contribution is 0.551. The van der Waals surface area contributed by atoms with Gasteiger partial charge >= 0.3 is 0 Å². The maximum atomic E-state index is 13.6. The summed E-state index contributed by atoms with van der Waals surface area (Å²) in [4.78, 5) is 3.98. The van der Waals surface area contributed by atoms with Gasteiger partial charge in [0.15, 0.2) is 0 Å². The molecule has 120 valence electrons. The van der Waals surface area contributed by atoms with E-state index < -0.39 is 15.8 Å². The van der Waals surface area contributed by atoms with E-state index in [9.17, 15) is 12.8 Å². The van der Waals surface area contributed by atoms with Crippen LogP contribution in [0.1, 0.15) is 6.42 Å². The minimum absolute atomic E-state index is 0.225. The SMILES string of the molecule is O=S(=O)(NCCCn1ccc2cccnc21)c1ccccc1F. The predicted molar refractivity (Wildman–Crippen MR) is 85.9 cm³/mol. The van der Waals surface area contributed by atoms with Crippen molar-refractivity contribution in [3.05, 3.63) is 60.7 Å². The zero-order valence-electron chi connectivity index (χ0n) is 12.3. The number of aromatic nitrogens is 2. The fourth-order valence-electron chi connectivity index (χ4n) is 2.40. The van der Waals surface area contributed by atoms with Gasteiger partial charge in [0.1, 0.15) is 16.4 Å². The molecule has 1 N–H and O–H groups in total. The van der Waals surface area contributed by atoms with Gasteiger partial charge in [-0.3, -0.25) is 0 Å². The van der Waals surface area contributed by atoms with E-state index >= 15 is 0 Å². The Balaban J connectivity index is 1.60. The summed E-state index contributed by atoms with van der Waals surface area (Å²) in [5.74, 6) is -0.749. The van der Waals surface area contributed by atoms with Gasteiger partial charge < -0.3 is 4.57 Å². The highest BCUT2D eigenvalue weighted by atomic mass is 32.2. The highest BCUT2D eigenvalue weighted by molar-refractivity contribution is 7.89. The lowest BCUT2D eigenvalue weighted by Crippen LogP contribution is -2.26. The van der Waals surface area contributed by atoms with E-state index in [4.69, 9.17) is 0 Å². The summed E-state index contributed by atoms with van der Waals surface area (Å²) in [6, 6.07) is 11.1. The van der Waals surface area contributed by atoms with Crippen LogP contribution >= 0.6 is 0 Å². The zero-order chi connectivity index (χ0) is 16.3. The molecule has 0 unspecified atom stereocenters. The van der Waals surface area contributed by atoms with E-state index in [1.165, 1.54) is 18.2 Å². The number of rotatable bonds is 6. The fourth-order valence-corrected chi connectivity index (χ4v) is 3.55. The van der Waals surface area contributed by atoms with Crippen LogP contribution in [-0.2, 0) is 16.6 Å². The Morgan fingerprint density at radius 3 is 2.78 bits per heavy atom. The highest BCUT2D eigenvalue weighted by Crippen LogP contribution is 2.14. The molecular formula is C16H16FN3O2S. The van der Waals surface area contributed by atoms with Gasteiger partial charge in [0.25, 0.3) is 0 Å². The van der Waals surface area contributed by atoms with Crippen LogP contribution in [0.5, 0.6) is 0 Å². The number of hydrogen-bond acceptors (Lipinski definition) is 3. The van der Waals surface area contributed by atoms with Gasteiger partial charge in [-0.1, -0.05) is 12.1 Å². The van der Waals surface area contributed by atoms with Crippen molar-refractivity contribution in [3.8, 4) is 0 Å². The molecule has 0 bridgehead atoms. The minimum Gasteiger partial charge on any atom is -0.332 e. The topological polar surface area (TPSA) is 64.0 Å². The molecule has 0 saturated heterocycles. The first-order valence-corrected chi connectivity index (χ1v) is 8.70. The number of halogens is 1. The maximum Gasteiger partial charge on any atom is 0.243 e. The number of fused-ring (bicyclic) bond motifs is 1. The molecule has 5 nitrogen and oxygen atoms in total. The largest absolute Gasteiger partial charge is 0.332 e. The van der Waals surface area contributed by atoms with Crippen molar-refractivity contribution < 1.29 is 12.8 Å². The third kappa shape index (κ3) is 3.40. The number of sulfonamides is 1. The number of benzene rings is 1. The molecule has 0 saturated carbocycles. The number of pyridine rings is 1. The molecule has 1 aromatic carbocycles. The van der Waals surface area contributed by atoms with Crippen LogP contribution < -0.4 is 4.72 Å². The first kappa shape index (κ1) is 15.6. The van der Waals surface area contributed by atoms with Crippen molar-refractivity contribution in [1.29, 1.82) is 0 Å².